The van der Waals surface area contributed by atoms with E-state index in [1.165, 1.54) is 4.88 Å². The van der Waals surface area contributed by atoms with Crippen LogP contribution < -0.4 is 5.43 Å². The van der Waals surface area contributed by atoms with E-state index >= 15 is 0 Å². The van der Waals surface area contributed by atoms with Gasteiger partial charge in [0.05, 0.1) is 5.39 Å². The zero-order valence-electron chi connectivity index (χ0n) is 12.5. The Labute approximate surface area is 118 Å². The van der Waals surface area contributed by atoms with E-state index in [1.54, 1.807) is 11.3 Å². The van der Waals surface area contributed by atoms with Crippen LogP contribution in [-0.2, 0) is 6.54 Å². The maximum Gasteiger partial charge on any atom is 0.198 e. The Kier molecular flexibility index (Phi) is 3.68. The predicted octanol–water partition coefficient (Wildman–Crippen LogP) is 4.43. The van der Waals surface area contributed by atoms with E-state index in [2.05, 4.69) is 25.3 Å². The number of aryl methyl sites for hydroxylation is 3. The van der Waals surface area contributed by atoms with Gasteiger partial charge in [-0.15, -0.1) is 11.3 Å². The summed E-state index contributed by atoms with van der Waals surface area (Å²) in [4.78, 5) is 15.1. The van der Waals surface area contributed by atoms with Crippen LogP contribution in [0.4, 0.5) is 0 Å². The summed E-state index contributed by atoms with van der Waals surface area (Å²) in [5, 5.41) is 0.905. The second kappa shape index (κ2) is 4.97. The highest BCUT2D eigenvalue weighted by Crippen LogP contribution is 2.30. The number of allylic oxidation sites excluding steroid dienone is 1. The average Bonchev–Trinajstić information content (AvgIpc) is 2.62. The maximum absolute atomic E-state index is 12.7. The molecule has 0 spiro atoms. The van der Waals surface area contributed by atoms with Crippen LogP contribution in [0.15, 0.2) is 10.4 Å². The Morgan fingerprint density at radius 3 is 2.42 bits per heavy atom. The van der Waals surface area contributed by atoms with Gasteiger partial charge in [-0.1, -0.05) is 11.6 Å². The van der Waals surface area contributed by atoms with E-state index in [1.807, 2.05) is 26.8 Å². The summed E-state index contributed by atoms with van der Waals surface area (Å²) in [5.41, 5.74) is 4.39. The molecule has 0 atom stereocenters. The van der Waals surface area contributed by atoms with Crippen LogP contribution in [0, 0.1) is 20.8 Å². The molecule has 0 fully saturated rings. The maximum atomic E-state index is 12.7. The first-order chi connectivity index (χ1) is 8.88. The molecule has 0 aromatic carbocycles. The van der Waals surface area contributed by atoms with E-state index in [0.717, 1.165) is 39.2 Å². The molecule has 0 saturated carbocycles. The Balaban J connectivity index is 3.04. The van der Waals surface area contributed by atoms with E-state index in [-0.39, 0.29) is 5.43 Å². The van der Waals surface area contributed by atoms with Gasteiger partial charge in [-0.05, 0) is 47.1 Å². The third-order valence-corrected chi connectivity index (χ3v) is 4.86. The molecule has 0 unspecified atom stereocenters. The standard InChI is InChI=1S/C16H21NOS/c1-7-17-11(5)13(8-9(2)3)15(18)14-10(4)12(6)19-16(14)17/h8H,7H2,1-6H3. The van der Waals surface area contributed by atoms with Crippen LogP contribution in [0.5, 0.6) is 0 Å². The SMILES string of the molecule is CCn1c(C)c(C=C(C)C)c(=O)c2c(C)c(C)sc21. The van der Waals surface area contributed by atoms with E-state index in [0.29, 0.717) is 0 Å². The van der Waals surface area contributed by atoms with Crippen molar-refractivity contribution in [1.82, 2.24) is 4.57 Å². The quantitative estimate of drug-likeness (QED) is 0.794. The smallest absolute Gasteiger partial charge is 0.198 e. The van der Waals surface area contributed by atoms with Gasteiger partial charge in [-0.2, -0.15) is 0 Å². The molecule has 2 aromatic heterocycles. The molecule has 3 heteroatoms. The number of rotatable bonds is 2. The minimum absolute atomic E-state index is 0.181. The average molecular weight is 275 g/mol. The first-order valence-corrected chi connectivity index (χ1v) is 7.48. The second-order valence-corrected chi connectivity index (χ2v) is 6.46. The van der Waals surface area contributed by atoms with Crippen molar-refractivity contribution >= 4 is 27.6 Å². The van der Waals surface area contributed by atoms with Gasteiger partial charge >= 0.3 is 0 Å². The van der Waals surface area contributed by atoms with Crippen molar-refractivity contribution < 1.29 is 0 Å². The molecule has 0 radical (unpaired) electrons. The summed E-state index contributed by atoms with van der Waals surface area (Å²) in [6, 6.07) is 0. The van der Waals surface area contributed by atoms with Crippen molar-refractivity contribution in [3.63, 3.8) is 0 Å². The summed E-state index contributed by atoms with van der Waals surface area (Å²) in [6.45, 7) is 13.3. The summed E-state index contributed by atoms with van der Waals surface area (Å²) < 4.78 is 2.26. The lowest BCUT2D eigenvalue weighted by atomic mass is 10.1. The van der Waals surface area contributed by atoms with Crippen molar-refractivity contribution in [2.75, 3.05) is 0 Å². The van der Waals surface area contributed by atoms with Crippen molar-refractivity contribution in [3.8, 4) is 0 Å². The lowest BCUT2D eigenvalue weighted by Crippen LogP contribution is -2.15. The Hall–Kier alpha value is -1.35. The van der Waals surface area contributed by atoms with Crippen LogP contribution in [0.1, 0.15) is 42.5 Å². The number of aromatic nitrogens is 1. The Morgan fingerprint density at radius 1 is 1.26 bits per heavy atom. The molecule has 0 aliphatic carbocycles. The highest BCUT2D eigenvalue weighted by atomic mass is 32.1. The predicted molar refractivity (Wildman–Crippen MR) is 85.3 cm³/mol. The molecule has 0 aliphatic rings. The van der Waals surface area contributed by atoms with Gasteiger partial charge in [0, 0.05) is 22.7 Å². The zero-order chi connectivity index (χ0) is 14.3. The van der Waals surface area contributed by atoms with Crippen molar-refractivity contribution in [1.29, 1.82) is 0 Å². The normalized spacial score (nSPS) is 11.1. The van der Waals surface area contributed by atoms with E-state index < -0.39 is 0 Å². The monoisotopic (exact) mass is 275 g/mol. The molecule has 2 heterocycles. The van der Waals surface area contributed by atoms with E-state index in [9.17, 15) is 4.79 Å². The van der Waals surface area contributed by atoms with Gasteiger partial charge in [0.25, 0.3) is 0 Å². The lowest BCUT2D eigenvalue weighted by Gasteiger charge is -2.13. The number of fused-ring (bicyclic) bond motifs is 1. The number of hydrogen-bond donors (Lipinski definition) is 0. The molecule has 0 amide bonds. The Morgan fingerprint density at radius 2 is 1.89 bits per heavy atom. The summed E-state index contributed by atoms with van der Waals surface area (Å²) in [6.07, 6.45) is 2.01. The molecule has 102 valence electrons. The number of pyridine rings is 1. The Bertz CT molecular complexity index is 728. The topological polar surface area (TPSA) is 22.0 Å². The van der Waals surface area contributed by atoms with E-state index in [4.69, 9.17) is 0 Å². The third kappa shape index (κ3) is 2.16. The van der Waals surface area contributed by atoms with Gasteiger partial charge in [0.1, 0.15) is 4.83 Å². The molecule has 0 aliphatic heterocycles. The third-order valence-electron chi connectivity index (χ3n) is 3.63. The molecular weight excluding hydrogens is 254 g/mol. The van der Waals surface area contributed by atoms with Gasteiger partial charge < -0.3 is 4.57 Å². The van der Waals surface area contributed by atoms with Crippen molar-refractivity contribution in [2.24, 2.45) is 0 Å². The highest BCUT2D eigenvalue weighted by Gasteiger charge is 2.16. The molecule has 2 rings (SSSR count). The summed E-state index contributed by atoms with van der Waals surface area (Å²) >= 11 is 1.73. The number of hydrogen-bond acceptors (Lipinski definition) is 2. The minimum atomic E-state index is 0.181. The molecular formula is C16H21NOS. The van der Waals surface area contributed by atoms with Crippen LogP contribution in [0.2, 0.25) is 0 Å². The summed E-state index contributed by atoms with van der Waals surface area (Å²) in [5.74, 6) is 0. The molecule has 0 N–H and O–H groups in total. The first kappa shape index (κ1) is 14.1. The molecule has 2 nitrogen and oxygen atoms in total. The minimum Gasteiger partial charge on any atom is -0.336 e. The molecule has 19 heavy (non-hydrogen) atoms. The van der Waals surface area contributed by atoms with Crippen LogP contribution in [0.3, 0.4) is 0 Å². The van der Waals surface area contributed by atoms with Gasteiger partial charge in [0.15, 0.2) is 5.43 Å². The van der Waals surface area contributed by atoms with Crippen molar-refractivity contribution in [2.45, 2.75) is 48.1 Å². The van der Waals surface area contributed by atoms with Gasteiger partial charge in [-0.3, -0.25) is 4.79 Å². The second-order valence-electron chi connectivity index (χ2n) is 5.26. The largest absolute Gasteiger partial charge is 0.336 e. The molecule has 0 bridgehead atoms. The van der Waals surface area contributed by atoms with Crippen LogP contribution in [-0.4, -0.2) is 4.57 Å². The van der Waals surface area contributed by atoms with Gasteiger partial charge in [0.2, 0.25) is 0 Å². The fraction of sp³-hybridized carbons (Fsp3) is 0.438. The number of thiophene rings is 1. The fourth-order valence-corrected chi connectivity index (χ4v) is 3.77. The summed E-state index contributed by atoms with van der Waals surface area (Å²) in [7, 11) is 0. The van der Waals surface area contributed by atoms with Crippen LogP contribution >= 0.6 is 11.3 Å². The van der Waals surface area contributed by atoms with Crippen LogP contribution in [0.25, 0.3) is 16.3 Å². The lowest BCUT2D eigenvalue weighted by molar-refractivity contribution is 0.762. The van der Waals surface area contributed by atoms with Crippen molar-refractivity contribution in [3.05, 3.63) is 37.5 Å². The fourth-order valence-electron chi connectivity index (χ4n) is 2.50. The van der Waals surface area contributed by atoms with Gasteiger partial charge in [-0.25, -0.2) is 0 Å². The zero-order valence-corrected chi connectivity index (χ0v) is 13.4. The molecule has 0 saturated heterocycles. The first-order valence-electron chi connectivity index (χ1n) is 6.66. The molecule has 2 aromatic rings. The number of nitrogens with zero attached hydrogens (tertiary/aromatic N) is 1. The highest BCUT2D eigenvalue weighted by molar-refractivity contribution is 7.18.